The van der Waals surface area contributed by atoms with Gasteiger partial charge in [-0.15, -0.1) is 0 Å². The van der Waals surface area contributed by atoms with E-state index in [2.05, 4.69) is 16.5 Å². The Hall–Kier alpha value is -2.47. The predicted molar refractivity (Wildman–Crippen MR) is 123 cm³/mol. The maximum atomic E-state index is 13.2. The molecule has 6 heteroatoms. The molecule has 2 aliphatic heterocycles. The van der Waals surface area contributed by atoms with Crippen LogP contribution in [0.4, 0.5) is 0 Å². The molecule has 4 aliphatic rings. The van der Waals surface area contributed by atoms with Crippen LogP contribution in [0, 0.1) is 11.8 Å². The number of benzene rings is 1. The van der Waals surface area contributed by atoms with Gasteiger partial charge in [0.25, 0.3) is 5.56 Å². The number of aromatic nitrogens is 2. The van der Waals surface area contributed by atoms with E-state index in [0.717, 1.165) is 36.6 Å². The van der Waals surface area contributed by atoms with E-state index in [9.17, 15) is 14.7 Å². The maximum Gasteiger partial charge on any atom is 0.360 e. The topological polar surface area (TPSA) is 75.4 Å². The second kappa shape index (κ2) is 7.55. The number of nitrogens with zero attached hydrogens (tertiary/aromatic N) is 3. The number of hydrogen-bond acceptors (Lipinski definition) is 4. The SMILES string of the molecule is C=C1C[C@H]2C[C@@H](n3c(=O)c(C(=O)O)nc4ccccc43)C[C@@H]1N2C1CC2CCCC(C2)C1. The Morgan fingerprint density at radius 2 is 1.75 bits per heavy atom. The van der Waals surface area contributed by atoms with Crippen LogP contribution in [-0.4, -0.2) is 43.7 Å². The Balaban J connectivity index is 1.36. The molecule has 0 radical (unpaired) electrons. The molecule has 2 saturated heterocycles. The number of carboxylic acid groups (broad SMARTS) is 1. The van der Waals surface area contributed by atoms with Crippen molar-refractivity contribution in [2.45, 2.75) is 82.0 Å². The van der Waals surface area contributed by atoms with Crippen LogP contribution in [0.15, 0.2) is 41.2 Å². The molecule has 2 aliphatic carbocycles. The van der Waals surface area contributed by atoms with E-state index in [1.54, 1.807) is 10.6 Å². The van der Waals surface area contributed by atoms with Gasteiger partial charge in [-0.2, -0.15) is 0 Å². The molecule has 1 aromatic heterocycles. The van der Waals surface area contributed by atoms with E-state index in [-0.39, 0.29) is 17.8 Å². The number of carboxylic acids is 1. The molecule has 0 amide bonds. The first-order valence-corrected chi connectivity index (χ1v) is 12.2. The van der Waals surface area contributed by atoms with Crippen LogP contribution in [0.3, 0.4) is 0 Å². The first-order valence-electron chi connectivity index (χ1n) is 12.2. The van der Waals surface area contributed by atoms with Crippen LogP contribution in [0.25, 0.3) is 11.0 Å². The van der Waals surface area contributed by atoms with Gasteiger partial charge in [0.2, 0.25) is 5.69 Å². The molecule has 3 heterocycles. The van der Waals surface area contributed by atoms with Crippen molar-refractivity contribution in [1.29, 1.82) is 0 Å². The number of fused-ring (bicyclic) bond motifs is 5. The second-order valence-electron chi connectivity index (χ2n) is 10.6. The van der Waals surface area contributed by atoms with Crippen LogP contribution in [-0.2, 0) is 0 Å². The molecule has 1 aromatic carbocycles. The summed E-state index contributed by atoms with van der Waals surface area (Å²) in [4.78, 5) is 31.9. The van der Waals surface area contributed by atoms with E-state index >= 15 is 0 Å². The van der Waals surface area contributed by atoms with Gasteiger partial charge in [0.05, 0.1) is 11.0 Å². The smallest absolute Gasteiger partial charge is 0.360 e. The average molecular weight is 434 g/mol. The number of rotatable bonds is 3. The largest absolute Gasteiger partial charge is 0.476 e. The highest BCUT2D eigenvalue weighted by atomic mass is 16.4. The Bertz CT molecular complexity index is 1140. The third-order valence-electron chi connectivity index (χ3n) is 8.68. The van der Waals surface area contributed by atoms with Gasteiger partial charge in [-0.3, -0.25) is 9.69 Å². The van der Waals surface area contributed by atoms with Crippen molar-refractivity contribution in [3.63, 3.8) is 0 Å². The summed E-state index contributed by atoms with van der Waals surface area (Å²) in [7, 11) is 0. The third kappa shape index (κ3) is 3.14. The molecule has 168 valence electrons. The van der Waals surface area contributed by atoms with Gasteiger partial charge in [-0.05, 0) is 62.5 Å². The van der Waals surface area contributed by atoms with Gasteiger partial charge >= 0.3 is 5.97 Å². The molecule has 4 bridgehead atoms. The van der Waals surface area contributed by atoms with Crippen LogP contribution in [0.2, 0.25) is 0 Å². The molecule has 2 saturated carbocycles. The summed E-state index contributed by atoms with van der Waals surface area (Å²) >= 11 is 0. The van der Waals surface area contributed by atoms with Crippen LogP contribution in [0.1, 0.15) is 74.3 Å². The first kappa shape index (κ1) is 20.2. The molecule has 0 spiro atoms. The summed E-state index contributed by atoms with van der Waals surface area (Å²) in [6.45, 7) is 4.44. The molecule has 2 aromatic rings. The van der Waals surface area contributed by atoms with Gasteiger partial charge < -0.3 is 9.67 Å². The minimum atomic E-state index is -1.26. The van der Waals surface area contributed by atoms with E-state index in [4.69, 9.17) is 0 Å². The summed E-state index contributed by atoms with van der Waals surface area (Å²) in [6, 6.07) is 8.70. The fourth-order valence-corrected chi connectivity index (χ4v) is 7.53. The first-order chi connectivity index (χ1) is 15.5. The molecule has 1 N–H and O–H groups in total. The Morgan fingerprint density at radius 1 is 1.00 bits per heavy atom. The molecular formula is C26H31N3O3. The zero-order chi connectivity index (χ0) is 22.0. The number of aromatic carboxylic acids is 1. The summed E-state index contributed by atoms with van der Waals surface area (Å²) in [5, 5.41) is 9.60. The van der Waals surface area contributed by atoms with E-state index in [1.807, 2.05) is 18.2 Å². The van der Waals surface area contributed by atoms with Gasteiger partial charge in [0, 0.05) is 24.2 Å². The van der Waals surface area contributed by atoms with Crippen LogP contribution >= 0.6 is 0 Å². The zero-order valence-corrected chi connectivity index (χ0v) is 18.4. The molecule has 32 heavy (non-hydrogen) atoms. The zero-order valence-electron chi connectivity index (χ0n) is 18.4. The maximum absolute atomic E-state index is 13.2. The van der Waals surface area contributed by atoms with Crippen molar-refractivity contribution >= 4 is 17.0 Å². The Morgan fingerprint density at radius 3 is 2.47 bits per heavy atom. The van der Waals surface area contributed by atoms with E-state index < -0.39 is 11.5 Å². The van der Waals surface area contributed by atoms with Gasteiger partial charge in [0.1, 0.15) is 0 Å². The lowest BCUT2D eigenvalue weighted by Crippen LogP contribution is -2.53. The fraction of sp³-hybridized carbons (Fsp3) is 0.577. The Labute approximate surface area is 187 Å². The predicted octanol–water partition coefficient (Wildman–Crippen LogP) is 4.40. The summed E-state index contributed by atoms with van der Waals surface area (Å²) in [6.07, 6.45) is 10.9. The van der Waals surface area contributed by atoms with Crippen molar-refractivity contribution in [3.05, 3.63) is 52.5 Å². The van der Waals surface area contributed by atoms with Gasteiger partial charge in [-0.1, -0.05) is 43.5 Å². The third-order valence-corrected chi connectivity index (χ3v) is 8.68. The van der Waals surface area contributed by atoms with Gasteiger partial charge in [-0.25, -0.2) is 9.78 Å². The highest BCUT2D eigenvalue weighted by molar-refractivity contribution is 5.88. The number of piperidine rings is 1. The normalized spacial score (nSPS) is 34.7. The lowest BCUT2D eigenvalue weighted by Gasteiger charge is -2.49. The van der Waals surface area contributed by atoms with Crippen molar-refractivity contribution in [2.24, 2.45) is 11.8 Å². The number of carbonyl (C=O) groups is 1. The average Bonchev–Trinajstić information content (AvgIpc) is 2.97. The molecular weight excluding hydrogens is 402 g/mol. The highest BCUT2D eigenvalue weighted by Crippen LogP contribution is 2.49. The van der Waals surface area contributed by atoms with Gasteiger partial charge in [0.15, 0.2) is 0 Å². The lowest BCUT2D eigenvalue weighted by molar-refractivity contribution is 0.0117. The molecule has 2 unspecified atom stereocenters. The van der Waals surface area contributed by atoms with Crippen LogP contribution < -0.4 is 5.56 Å². The monoisotopic (exact) mass is 433 g/mol. The van der Waals surface area contributed by atoms with Crippen molar-refractivity contribution in [2.75, 3.05) is 0 Å². The minimum Gasteiger partial charge on any atom is -0.476 e. The fourth-order valence-electron chi connectivity index (χ4n) is 7.53. The second-order valence-corrected chi connectivity index (χ2v) is 10.6. The number of para-hydroxylation sites is 2. The Kier molecular flexibility index (Phi) is 4.75. The standard InChI is InChI=1S/C26H31N3O3/c1-15-9-18-13-20(14-23(15)28(18)19-11-16-5-4-6-17(10-16)12-19)29-22-8-3-2-7-21(22)27-24(25(29)30)26(31)32/h2-3,7-8,16-20,23H,1,4-6,9-14H2,(H,31,32)/t16?,17?,18-,19?,20+,23-/m0/s1. The molecule has 4 fully saturated rings. The number of hydrogen-bond donors (Lipinski definition) is 1. The summed E-state index contributed by atoms with van der Waals surface area (Å²) < 4.78 is 1.73. The van der Waals surface area contributed by atoms with Crippen molar-refractivity contribution in [3.8, 4) is 0 Å². The minimum absolute atomic E-state index is 0.0258. The van der Waals surface area contributed by atoms with E-state index in [0.29, 0.717) is 17.6 Å². The molecule has 6 rings (SSSR count). The van der Waals surface area contributed by atoms with Crippen molar-refractivity contribution < 1.29 is 9.90 Å². The van der Waals surface area contributed by atoms with E-state index in [1.165, 1.54) is 44.1 Å². The molecule has 5 atom stereocenters. The highest BCUT2D eigenvalue weighted by Gasteiger charge is 2.48. The summed E-state index contributed by atoms with van der Waals surface area (Å²) in [5.74, 6) is 0.499. The van der Waals surface area contributed by atoms with Crippen LogP contribution in [0.5, 0.6) is 0 Å². The quantitative estimate of drug-likeness (QED) is 0.727. The lowest BCUT2D eigenvalue weighted by atomic mass is 9.69. The molecule has 6 nitrogen and oxygen atoms in total. The van der Waals surface area contributed by atoms with Crippen molar-refractivity contribution in [1.82, 2.24) is 14.5 Å². The summed E-state index contributed by atoms with van der Waals surface area (Å²) in [5.41, 5.74) is 1.73.